The smallest absolute Gasteiger partial charge is 0.348 e. The summed E-state index contributed by atoms with van der Waals surface area (Å²) in [6.45, 7) is -0.939. The molecule has 0 aliphatic carbocycles. The van der Waals surface area contributed by atoms with Crippen LogP contribution in [0.25, 0.3) is 22.3 Å². The number of aliphatic carboxylic acids is 2. The van der Waals surface area contributed by atoms with Crippen LogP contribution in [0.1, 0.15) is 22.1 Å². The molecule has 1 aliphatic heterocycles. The lowest BCUT2D eigenvalue weighted by Crippen LogP contribution is -2.55. The van der Waals surface area contributed by atoms with Crippen molar-refractivity contribution in [2.24, 2.45) is 0 Å². The topological polar surface area (TPSA) is 240 Å². The van der Waals surface area contributed by atoms with E-state index in [0.717, 1.165) is 17.0 Å². The molecule has 16 heteroatoms. The Balaban J connectivity index is 1.46. The highest BCUT2D eigenvalue weighted by molar-refractivity contribution is 6.28. The van der Waals surface area contributed by atoms with Crippen molar-refractivity contribution in [1.82, 2.24) is 19.5 Å². The van der Waals surface area contributed by atoms with Crippen molar-refractivity contribution in [3.8, 4) is 23.5 Å². The minimum Gasteiger partial charge on any atom is -0.479 e. The van der Waals surface area contributed by atoms with Crippen molar-refractivity contribution < 1.29 is 49.4 Å². The Hall–Kier alpha value is -5.11. The van der Waals surface area contributed by atoms with Gasteiger partial charge in [-0.05, 0) is 34.4 Å². The molecule has 1 aliphatic rings. The van der Waals surface area contributed by atoms with Gasteiger partial charge >= 0.3 is 17.9 Å². The minimum atomic E-state index is -3.00. The molecule has 15 nitrogen and oxygen atoms in total. The lowest BCUT2D eigenvalue weighted by atomic mass is 9.90. The molecule has 0 saturated carbocycles. The number of aliphatic hydroxyl groups is 2. The summed E-state index contributed by atoms with van der Waals surface area (Å²) in [6, 6.07) is 12.5. The van der Waals surface area contributed by atoms with Crippen LogP contribution in [0.2, 0.25) is 5.28 Å². The van der Waals surface area contributed by atoms with Gasteiger partial charge in [0.05, 0.1) is 18.5 Å². The summed E-state index contributed by atoms with van der Waals surface area (Å²) in [7, 11) is 0. The van der Waals surface area contributed by atoms with Gasteiger partial charge in [-0.2, -0.15) is 9.97 Å². The van der Waals surface area contributed by atoms with Crippen molar-refractivity contribution in [2.75, 3.05) is 12.3 Å². The van der Waals surface area contributed by atoms with Gasteiger partial charge < -0.3 is 40.7 Å². The number of ether oxygens (including phenoxy) is 2. The molecule has 0 amide bonds. The van der Waals surface area contributed by atoms with Crippen LogP contribution in [-0.2, 0) is 25.5 Å². The van der Waals surface area contributed by atoms with Crippen LogP contribution in [-0.4, -0.2) is 93.0 Å². The first-order chi connectivity index (χ1) is 21.3. The van der Waals surface area contributed by atoms with Gasteiger partial charge in [-0.15, -0.1) is 6.42 Å². The number of aliphatic hydroxyl groups excluding tert-OH is 1. The van der Waals surface area contributed by atoms with Gasteiger partial charge in [0.2, 0.25) is 5.28 Å². The van der Waals surface area contributed by atoms with Gasteiger partial charge in [-0.25, -0.2) is 19.4 Å². The molecule has 7 N–H and O–H groups in total. The molecule has 0 spiro atoms. The number of fused-ring (bicyclic) bond motifs is 1. The average Bonchev–Trinajstić information content (AvgIpc) is 3.53. The highest BCUT2D eigenvalue weighted by Gasteiger charge is 2.58. The largest absolute Gasteiger partial charge is 0.479 e. The van der Waals surface area contributed by atoms with Crippen LogP contribution < -0.4 is 5.73 Å². The minimum absolute atomic E-state index is 0.00776. The molecular formula is C29H24ClN5O10. The first-order valence-corrected chi connectivity index (χ1v) is 13.4. The molecular weight excluding hydrogens is 614 g/mol. The third-order valence-electron chi connectivity index (χ3n) is 7.47. The quantitative estimate of drug-likeness (QED) is 0.0814. The number of aromatic carboxylic acids is 1. The zero-order valence-electron chi connectivity index (χ0n) is 22.9. The molecule has 0 radical (unpaired) electrons. The van der Waals surface area contributed by atoms with E-state index in [1.165, 1.54) is 12.1 Å². The third kappa shape index (κ3) is 5.41. The summed E-state index contributed by atoms with van der Waals surface area (Å²) in [5.41, 5.74) is 1.12. The first kappa shape index (κ1) is 31.3. The van der Waals surface area contributed by atoms with Gasteiger partial charge in [0.15, 0.2) is 23.3 Å². The zero-order valence-corrected chi connectivity index (χ0v) is 23.7. The molecule has 1 fully saturated rings. The summed E-state index contributed by atoms with van der Waals surface area (Å²) >= 11 is 5.91. The number of carboxylic acids is 3. The Morgan fingerprint density at radius 1 is 1.13 bits per heavy atom. The zero-order chi connectivity index (χ0) is 32.7. The number of carbonyl (C=O) groups is 3. The summed E-state index contributed by atoms with van der Waals surface area (Å²) in [5.74, 6) is -3.26. The van der Waals surface area contributed by atoms with Crippen LogP contribution in [0.5, 0.6) is 0 Å². The molecule has 3 heterocycles. The molecule has 2 aromatic heterocycles. The van der Waals surface area contributed by atoms with E-state index in [1.807, 2.05) is 5.92 Å². The molecule has 4 aromatic rings. The highest BCUT2D eigenvalue weighted by atomic mass is 35.5. The SMILES string of the molecule is C#C[C@@]1(O)[C@@H](COC(Cc2ccc(-c3ccccc3)c(C(=O)O)c2)(C(=O)O)C(=O)O)O[C@@H](n2cnc3c(N)nc(Cl)nc32)[C@@H]1O. The normalized spacial score (nSPS) is 21.4. The van der Waals surface area contributed by atoms with Crippen LogP contribution in [0.15, 0.2) is 54.9 Å². The number of aromatic nitrogens is 4. The number of carboxylic acid groups (broad SMARTS) is 3. The van der Waals surface area contributed by atoms with Crippen LogP contribution in [0.4, 0.5) is 5.82 Å². The number of imidazole rings is 1. The van der Waals surface area contributed by atoms with Crippen LogP contribution >= 0.6 is 11.6 Å². The van der Waals surface area contributed by atoms with Crippen molar-refractivity contribution in [3.05, 3.63) is 71.3 Å². The summed E-state index contributed by atoms with van der Waals surface area (Å²) in [4.78, 5) is 48.9. The van der Waals surface area contributed by atoms with E-state index in [1.54, 1.807) is 30.3 Å². The summed E-state index contributed by atoms with van der Waals surface area (Å²) < 4.78 is 12.4. The fourth-order valence-electron chi connectivity index (χ4n) is 5.08. The Bertz CT molecular complexity index is 1850. The van der Waals surface area contributed by atoms with Gasteiger partial charge in [0.25, 0.3) is 5.60 Å². The maximum atomic E-state index is 12.5. The fourth-order valence-corrected chi connectivity index (χ4v) is 5.26. The molecule has 0 unspecified atom stereocenters. The number of nitrogens with two attached hydrogens (primary N) is 1. The Morgan fingerprint density at radius 3 is 2.44 bits per heavy atom. The van der Waals surface area contributed by atoms with Gasteiger partial charge in [0.1, 0.15) is 17.7 Å². The molecule has 1 saturated heterocycles. The van der Waals surface area contributed by atoms with Gasteiger partial charge in [-0.1, -0.05) is 48.4 Å². The Kier molecular flexibility index (Phi) is 8.19. The van der Waals surface area contributed by atoms with Crippen LogP contribution in [0, 0.1) is 12.3 Å². The first-order valence-electron chi connectivity index (χ1n) is 13.0. The fraction of sp³-hybridized carbons (Fsp3) is 0.241. The highest BCUT2D eigenvalue weighted by Crippen LogP contribution is 2.39. The van der Waals surface area contributed by atoms with E-state index < -0.39 is 60.6 Å². The van der Waals surface area contributed by atoms with Gasteiger partial charge in [0, 0.05) is 6.42 Å². The van der Waals surface area contributed by atoms with E-state index in [4.69, 9.17) is 33.2 Å². The molecule has 0 bridgehead atoms. The lowest BCUT2D eigenvalue weighted by molar-refractivity contribution is -0.191. The monoisotopic (exact) mass is 637 g/mol. The molecule has 45 heavy (non-hydrogen) atoms. The number of hydrogen-bond acceptors (Lipinski definition) is 11. The second-order valence-electron chi connectivity index (χ2n) is 10.1. The number of nitrogens with zero attached hydrogens (tertiary/aromatic N) is 4. The van der Waals surface area contributed by atoms with Crippen molar-refractivity contribution in [2.45, 2.75) is 36.1 Å². The summed E-state index contributed by atoms with van der Waals surface area (Å²) in [6.07, 6.45) is 0.832. The maximum Gasteiger partial charge on any atom is 0.348 e. The maximum absolute atomic E-state index is 12.5. The second kappa shape index (κ2) is 11.8. The molecule has 4 atom stereocenters. The molecule has 5 rings (SSSR count). The third-order valence-corrected chi connectivity index (χ3v) is 7.64. The van der Waals surface area contributed by atoms with E-state index in [2.05, 4.69) is 15.0 Å². The molecule has 2 aromatic carbocycles. The standard InChI is InChI=1S/C29H24ClN5O10/c1-2-28(43)18(45-23(20(28)36)35-13-32-19-21(31)33-27(30)34-22(19)35)12-44-29(25(39)40,26(41)42)11-14-8-9-16(17(10-14)24(37)38)15-6-4-3-5-7-15/h1,3-10,13,18,20,23,36,43H,11-12H2,(H,37,38)(H,39,40)(H,41,42)(H2,31,33,34)/t18-,20+,23-,28-/m1/s1. The number of rotatable bonds is 10. The number of anilines is 1. The van der Waals surface area contributed by atoms with E-state index in [-0.39, 0.29) is 33.4 Å². The van der Waals surface area contributed by atoms with Crippen molar-refractivity contribution in [1.29, 1.82) is 0 Å². The number of terminal acetylenes is 1. The number of nitrogen functional groups attached to an aromatic ring is 1. The van der Waals surface area contributed by atoms with Crippen molar-refractivity contribution >= 4 is 46.5 Å². The number of halogens is 1. The Morgan fingerprint density at radius 2 is 1.82 bits per heavy atom. The van der Waals surface area contributed by atoms with E-state index in [9.17, 15) is 39.9 Å². The molecule has 232 valence electrons. The Labute approximate surface area is 258 Å². The van der Waals surface area contributed by atoms with E-state index in [0.29, 0.717) is 11.1 Å². The summed E-state index contributed by atoms with van der Waals surface area (Å²) in [5, 5.41) is 52.0. The second-order valence-corrected chi connectivity index (χ2v) is 10.4. The lowest BCUT2D eigenvalue weighted by Gasteiger charge is -2.30. The predicted molar refractivity (Wildman–Crippen MR) is 155 cm³/mol. The van der Waals surface area contributed by atoms with Gasteiger partial charge in [-0.3, -0.25) is 4.57 Å². The number of hydrogen-bond donors (Lipinski definition) is 6. The van der Waals surface area contributed by atoms with Crippen LogP contribution in [0.3, 0.4) is 0 Å². The number of benzene rings is 2. The predicted octanol–water partition coefficient (Wildman–Crippen LogP) is 1.22. The average molecular weight is 638 g/mol. The van der Waals surface area contributed by atoms with E-state index >= 15 is 0 Å². The van der Waals surface area contributed by atoms with Crippen molar-refractivity contribution in [3.63, 3.8) is 0 Å².